The van der Waals surface area contributed by atoms with Crippen molar-refractivity contribution in [3.8, 4) is 0 Å². The minimum atomic E-state index is -0.160. The summed E-state index contributed by atoms with van der Waals surface area (Å²) in [7, 11) is 1.63. The highest BCUT2D eigenvalue weighted by Gasteiger charge is 2.33. The molecular weight excluding hydrogens is 262 g/mol. The average molecular weight is 283 g/mol. The van der Waals surface area contributed by atoms with E-state index < -0.39 is 0 Å². The number of likely N-dealkylation sites (tertiary alicyclic amines) is 1. The lowest BCUT2D eigenvalue weighted by molar-refractivity contribution is 0.0359. The Kier molecular flexibility index (Phi) is 4.60. The van der Waals surface area contributed by atoms with Gasteiger partial charge >= 0.3 is 0 Å². The van der Waals surface area contributed by atoms with Crippen LogP contribution >= 0.6 is 11.3 Å². The second kappa shape index (κ2) is 6.03. The predicted molar refractivity (Wildman–Crippen MR) is 75.4 cm³/mol. The van der Waals surface area contributed by atoms with E-state index in [4.69, 9.17) is 4.74 Å². The van der Waals surface area contributed by atoms with Crippen molar-refractivity contribution in [3.05, 3.63) is 21.9 Å². The highest BCUT2D eigenvalue weighted by Crippen LogP contribution is 2.30. The molecule has 1 aliphatic heterocycles. The molecule has 106 valence electrons. The lowest BCUT2D eigenvalue weighted by Gasteiger charge is -2.39. The van der Waals surface area contributed by atoms with Gasteiger partial charge in [0, 0.05) is 31.2 Å². The molecule has 1 aliphatic rings. The fourth-order valence-electron chi connectivity index (χ4n) is 2.55. The van der Waals surface area contributed by atoms with Gasteiger partial charge in [-0.1, -0.05) is 6.92 Å². The van der Waals surface area contributed by atoms with Gasteiger partial charge in [-0.2, -0.15) is 0 Å². The monoisotopic (exact) mass is 283 g/mol. The number of nitrogens with zero attached hydrogens (tertiary/aromatic N) is 1. The largest absolute Gasteiger partial charge is 0.396 e. The van der Waals surface area contributed by atoms with Gasteiger partial charge in [-0.05, 0) is 24.3 Å². The first-order valence-corrected chi connectivity index (χ1v) is 7.43. The molecule has 2 heterocycles. The summed E-state index contributed by atoms with van der Waals surface area (Å²) in [6.07, 6.45) is 1.93. The molecule has 0 saturated carbocycles. The second-order valence-corrected chi connectivity index (χ2v) is 6.42. The van der Waals surface area contributed by atoms with Crippen LogP contribution in [0.3, 0.4) is 0 Å². The van der Waals surface area contributed by atoms with Gasteiger partial charge in [0.25, 0.3) is 5.91 Å². The summed E-state index contributed by atoms with van der Waals surface area (Å²) in [5.41, 5.74) is 0.792. The van der Waals surface area contributed by atoms with Crippen molar-refractivity contribution < 1.29 is 14.6 Å². The van der Waals surface area contributed by atoms with Crippen LogP contribution in [0.1, 0.15) is 35.0 Å². The third-order valence-corrected chi connectivity index (χ3v) is 4.64. The summed E-state index contributed by atoms with van der Waals surface area (Å²) >= 11 is 1.47. The molecule has 1 N–H and O–H groups in total. The molecule has 0 radical (unpaired) electrons. The number of hydrogen-bond acceptors (Lipinski definition) is 4. The molecule has 1 fully saturated rings. The van der Waals surface area contributed by atoms with Crippen LogP contribution in [-0.4, -0.2) is 42.7 Å². The molecule has 1 atom stereocenters. The van der Waals surface area contributed by atoms with Crippen molar-refractivity contribution in [1.82, 2.24) is 4.90 Å². The minimum absolute atomic E-state index is 0.0708. The first kappa shape index (κ1) is 14.5. The van der Waals surface area contributed by atoms with Gasteiger partial charge in [0.2, 0.25) is 0 Å². The van der Waals surface area contributed by atoms with Crippen LogP contribution in [0, 0.1) is 5.41 Å². The molecule has 4 nitrogen and oxygen atoms in total. The normalized spacial score (nSPS) is 23.6. The second-order valence-electron chi connectivity index (χ2n) is 5.51. The van der Waals surface area contributed by atoms with E-state index in [-0.39, 0.29) is 17.9 Å². The lowest BCUT2D eigenvalue weighted by Crippen LogP contribution is -2.46. The Labute approximate surface area is 118 Å². The number of aliphatic hydroxyl groups is 1. The highest BCUT2D eigenvalue weighted by atomic mass is 32.1. The number of rotatable bonds is 4. The fraction of sp³-hybridized carbons (Fsp3) is 0.643. The van der Waals surface area contributed by atoms with Crippen LogP contribution in [0.2, 0.25) is 0 Å². The molecule has 0 bridgehead atoms. The zero-order valence-corrected chi connectivity index (χ0v) is 12.3. The van der Waals surface area contributed by atoms with Crippen molar-refractivity contribution in [2.24, 2.45) is 5.41 Å². The van der Waals surface area contributed by atoms with Gasteiger partial charge < -0.3 is 14.7 Å². The summed E-state index contributed by atoms with van der Waals surface area (Å²) < 4.78 is 5.12. The molecule has 2 rings (SSSR count). The van der Waals surface area contributed by atoms with Gasteiger partial charge in [-0.3, -0.25) is 4.79 Å². The molecule has 0 spiro atoms. The van der Waals surface area contributed by atoms with E-state index in [1.165, 1.54) is 11.3 Å². The number of amides is 1. The van der Waals surface area contributed by atoms with Crippen LogP contribution in [0.25, 0.3) is 0 Å². The molecule has 1 amide bonds. The zero-order valence-electron chi connectivity index (χ0n) is 11.5. The zero-order chi connectivity index (χ0) is 13.9. The molecule has 1 unspecified atom stereocenters. The van der Waals surface area contributed by atoms with E-state index in [1.807, 2.05) is 23.3 Å². The van der Waals surface area contributed by atoms with Crippen LogP contribution < -0.4 is 0 Å². The average Bonchev–Trinajstić information content (AvgIpc) is 2.87. The number of aliphatic hydroxyl groups excluding tert-OH is 1. The first-order valence-electron chi connectivity index (χ1n) is 6.55. The highest BCUT2D eigenvalue weighted by molar-refractivity contribution is 7.12. The number of carbonyl (C=O) groups is 1. The van der Waals surface area contributed by atoms with E-state index in [0.717, 1.165) is 29.8 Å². The molecule has 0 aromatic carbocycles. The van der Waals surface area contributed by atoms with Crippen LogP contribution in [0.15, 0.2) is 11.4 Å². The smallest absolute Gasteiger partial charge is 0.264 e. The maximum absolute atomic E-state index is 12.6. The van der Waals surface area contributed by atoms with Gasteiger partial charge in [-0.15, -0.1) is 11.3 Å². The molecule has 5 heteroatoms. The van der Waals surface area contributed by atoms with Gasteiger partial charge in [0.15, 0.2) is 0 Å². The minimum Gasteiger partial charge on any atom is -0.396 e. The van der Waals surface area contributed by atoms with E-state index in [1.54, 1.807) is 7.11 Å². The van der Waals surface area contributed by atoms with Gasteiger partial charge in [0.1, 0.15) is 0 Å². The van der Waals surface area contributed by atoms with Crippen molar-refractivity contribution in [2.45, 2.75) is 26.4 Å². The summed E-state index contributed by atoms with van der Waals surface area (Å²) in [4.78, 5) is 15.2. The standard InChI is InChI=1S/C14H21NO3S/c1-14(10-16)5-3-6-15(9-14)13(17)12-11(8-18-2)4-7-19-12/h4,7,16H,3,5-6,8-10H2,1-2H3. The molecule has 0 aliphatic carbocycles. The third-order valence-electron chi connectivity index (χ3n) is 3.69. The van der Waals surface area contributed by atoms with Crippen molar-refractivity contribution in [3.63, 3.8) is 0 Å². The Bertz CT molecular complexity index is 446. The number of piperidine rings is 1. The summed E-state index contributed by atoms with van der Waals surface area (Å²) in [6.45, 7) is 4.05. The van der Waals surface area contributed by atoms with Crippen molar-refractivity contribution in [1.29, 1.82) is 0 Å². The fourth-order valence-corrected chi connectivity index (χ4v) is 3.43. The maximum atomic E-state index is 12.6. The van der Waals surface area contributed by atoms with Gasteiger partial charge in [-0.25, -0.2) is 0 Å². The predicted octanol–water partition coefficient (Wildman–Crippen LogP) is 2.13. The molecule has 19 heavy (non-hydrogen) atoms. The van der Waals surface area contributed by atoms with Crippen molar-refractivity contribution >= 4 is 17.2 Å². The quantitative estimate of drug-likeness (QED) is 0.921. The van der Waals surface area contributed by atoms with Crippen molar-refractivity contribution in [2.75, 3.05) is 26.8 Å². The molecular formula is C14H21NO3S. The summed E-state index contributed by atoms with van der Waals surface area (Å²) in [6, 6.07) is 1.94. The number of hydrogen-bond donors (Lipinski definition) is 1. The SMILES string of the molecule is COCc1ccsc1C(=O)N1CCCC(C)(CO)C1. The number of thiophene rings is 1. The maximum Gasteiger partial charge on any atom is 0.264 e. The lowest BCUT2D eigenvalue weighted by atomic mass is 9.83. The summed E-state index contributed by atoms with van der Waals surface area (Å²) in [5.74, 6) is 0.0708. The Morgan fingerprint density at radius 3 is 3.11 bits per heavy atom. The Morgan fingerprint density at radius 1 is 1.63 bits per heavy atom. The Hall–Kier alpha value is -0.910. The molecule has 1 aromatic rings. The van der Waals surface area contributed by atoms with Crippen LogP contribution in [0.4, 0.5) is 0 Å². The third kappa shape index (κ3) is 3.16. The van der Waals surface area contributed by atoms with Gasteiger partial charge in [0.05, 0.1) is 18.1 Å². The number of carbonyl (C=O) groups excluding carboxylic acids is 1. The summed E-state index contributed by atoms with van der Waals surface area (Å²) in [5, 5.41) is 11.4. The Morgan fingerprint density at radius 2 is 2.42 bits per heavy atom. The first-order chi connectivity index (χ1) is 9.09. The van der Waals surface area contributed by atoms with Crippen LogP contribution in [-0.2, 0) is 11.3 Å². The molecule has 1 aromatic heterocycles. The number of methoxy groups -OCH3 is 1. The van der Waals surface area contributed by atoms with Crippen LogP contribution in [0.5, 0.6) is 0 Å². The number of ether oxygens (including phenoxy) is 1. The Balaban J connectivity index is 2.12. The van der Waals surface area contributed by atoms with E-state index in [9.17, 15) is 9.90 Å². The van der Waals surface area contributed by atoms with E-state index >= 15 is 0 Å². The molecule has 1 saturated heterocycles. The topological polar surface area (TPSA) is 49.8 Å². The van der Waals surface area contributed by atoms with E-state index in [0.29, 0.717) is 13.2 Å². The van der Waals surface area contributed by atoms with E-state index in [2.05, 4.69) is 0 Å².